The molecular weight excluding hydrogens is 330 g/mol. The van der Waals surface area contributed by atoms with E-state index in [0.29, 0.717) is 6.79 Å². The minimum absolute atomic E-state index is 0.314. The molecule has 2 heterocycles. The van der Waals surface area contributed by atoms with Crippen LogP contribution in [0, 0.1) is 6.92 Å². The second-order valence-corrected chi connectivity index (χ2v) is 6.24. The fourth-order valence-corrected chi connectivity index (χ4v) is 2.90. The molecule has 0 atom stereocenters. The van der Waals surface area contributed by atoms with E-state index in [1.165, 1.54) is 5.56 Å². The predicted octanol–water partition coefficient (Wildman–Crippen LogP) is 2.11. The Balaban J connectivity index is 1.31. The number of nitrogens with zero attached hydrogens (tertiary/aromatic N) is 3. The number of imidazole rings is 1. The fourth-order valence-electron chi connectivity index (χ4n) is 2.90. The Morgan fingerprint density at radius 2 is 2.04 bits per heavy atom. The van der Waals surface area contributed by atoms with Gasteiger partial charge in [-0.05, 0) is 43.9 Å². The number of nitrogens with one attached hydrogen (secondary N) is 2. The Bertz CT molecular complexity index is 741. The number of aliphatic imine (C=N–C) groups is 1. The van der Waals surface area contributed by atoms with Crippen LogP contribution >= 0.6 is 0 Å². The van der Waals surface area contributed by atoms with Crippen molar-refractivity contribution in [3.63, 3.8) is 0 Å². The number of fused-ring (bicyclic) bond motifs is 1. The lowest BCUT2D eigenvalue weighted by Gasteiger charge is -2.12. The summed E-state index contributed by atoms with van der Waals surface area (Å²) in [6, 6.07) is 6.08. The van der Waals surface area contributed by atoms with Gasteiger partial charge in [0.15, 0.2) is 17.5 Å². The third-order valence-corrected chi connectivity index (χ3v) is 4.41. The molecule has 0 spiro atoms. The topological polar surface area (TPSA) is 72.7 Å². The normalized spacial score (nSPS) is 13.1. The van der Waals surface area contributed by atoms with Crippen LogP contribution in [0.25, 0.3) is 0 Å². The number of hydrogen-bond donors (Lipinski definition) is 2. The van der Waals surface area contributed by atoms with Gasteiger partial charge in [-0.2, -0.15) is 0 Å². The molecule has 0 saturated heterocycles. The first-order valence-corrected chi connectivity index (χ1v) is 9.07. The zero-order valence-corrected chi connectivity index (χ0v) is 15.5. The van der Waals surface area contributed by atoms with Gasteiger partial charge < -0.3 is 24.7 Å². The summed E-state index contributed by atoms with van der Waals surface area (Å²) in [5, 5.41) is 6.71. The van der Waals surface area contributed by atoms with E-state index in [1.807, 2.05) is 31.5 Å². The molecule has 1 aromatic heterocycles. The van der Waals surface area contributed by atoms with Crippen LogP contribution in [-0.2, 0) is 13.0 Å². The van der Waals surface area contributed by atoms with Crippen LogP contribution in [0.5, 0.6) is 11.5 Å². The lowest BCUT2D eigenvalue weighted by Crippen LogP contribution is -2.38. The Morgan fingerprint density at radius 1 is 1.19 bits per heavy atom. The zero-order chi connectivity index (χ0) is 18.2. The van der Waals surface area contributed by atoms with Gasteiger partial charge in [0.2, 0.25) is 6.79 Å². The number of unbranched alkanes of at least 4 members (excludes halogenated alkanes) is 1. The van der Waals surface area contributed by atoms with Gasteiger partial charge in [0.25, 0.3) is 0 Å². The van der Waals surface area contributed by atoms with E-state index >= 15 is 0 Å². The van der Waals surface area contributed by atoms with Gasteiger partial charge >= 0.3 is 0 Å². The van der Waals surface area contributed by atoms with Crippen molar-refractivity contribution in [2.45, 2.75) is 32.7 Å². The molecule has 26 heavy (non-hydrogen) atoms. The van der Waals surface area contributed by atoms with E-state index in [2.05, 4.69) is 31.2 Å². The molecule has 7 heteroatoms. The van der Waals surface area contributed by atoms with E-state index in [1.54, 1.807) is 7.05 Å². The van der Waals surface area contributed by atoms with Crippen molar-refractivity contribution in [1.82, 2.24) is 20.2 Å². The molecule has 1 aromatic carbocycles. The molecule has 0 bridgehead atoms. The van der Waals surface area contributed by atoms with E-state index in [0.717, 1.165) is 62.2 Å². The number of hydrogen-bond acceptors (Lipinski definition) is 4. The second kappa shape index (κ2) is 9.12. The molecule has 3 rings (SSSR count). The average Bonchev–Trinajstić information content (AvgIpc) is 3.28. The first-order chi connectivity index (χ1) is 12.8. The standard InChI is InChI=1S/C19H27N5O2/c1-15-21-10-12-24(15)11-4-3-8-22-19(20-2)23-9-7-16-5-6-17-18(13-16)26-14-25-17/h5-6,10,12-13H,3-4,7-9,11,14H2,1-2H3,(H2,20,22,23). The van der Waals surface area contributed by atoms with Crippen LogP contribution in [0.4, 0.5) is 0 Å². The summed E-state index contributed by atoms with van der Waals surface area (Å²) < 4.78 is 12.9. The highest BCUT2D eigenvalue weighted by atomic mass is 16.7. The van der Waals surface area contributed by atoms with Crippen LogP contribution < -0.4 is 20.1 Å². The van der Waals surface area contributed by atoms with Gasteiger partial charge in [-0.3, -0.25) is 4.99 Å². The minimum atomic E-state index is 0.314. The van der Waals surface area contributed by atoms with Crippen molar-refractivity contribution < 1.29 is 9.47 Å². The highest BCUT2D eigenvalue weighted by molar-refractivity contribution is 5.79. The maximum Gasteiger partial charge on any atom is 0.231 e. The Labute approximate surface area is 154 Å². The van der Waals surface area contributed by atoms with Gasteiger partial charge in [0.05, 0.1) is 0 Å². The molecule has 2 aromatic rings. The summed E-state index contributed by atoms with van der Waals surface area (Å²) in [5.41, 5.74) is 1.22. The molecular formula is C19H27N5O2. The van der Waals surface area contributed by atoms with Crippen LogP contribution in [0.1, 0.15) is 24.2 Å². The molecule has 2 N–H and O–H groups in total. The number of benzene rings is 1. The highest BCUT2D eigenvalue weighted by Crippen LogP contribution is 2.32. The molecule has 0 aliphatic carbocycles. The zero-order valence-electron chi connectivity index (χ0n) is 15.5. The number of aromatic nitrogens is 2. The molecule has 0 fully saturated rings. The van der Waals surface area contributed by atoms with Crippen LogP contribution in [0.3, 0.4) is 0 Å². The smallest absolute Gasteiger partial charge is 0.231 e. The molecule has 1 aliphatic heterocycles. The number of rotatable bonds is 8. The Kier molecular flexibility index (Phi) is 6.35. The highest BCUT2D eigenvalue weighted by Gasteiger charge is 2.12. The van der Waals surface area contributed by atoms with Crippen molar-refractivity contribution in [2.24, 2.45) is 4.99 Å². The predicted molar refractivity (Wildman–Crippen MR) is 102 cm³/mol. The summed E-state index contributed by atoms with van der Waals surface area (Å²) in [4.78, 5) is 8.51. The van der Waals surface area contributed by atoms with E-state index in [-0.39, 0.29) is 0 Å². The van der Waals surface area contributed by atoms with Gasteiger partial charge in [-0.15, -0.1) is 0 Å². The van der Waals surface area contributed by atoms with Crippen LogP contribution in [0.15, 0.2) is 35.6 Å². The second-order valence-electron chi connectivity index (χ2n) is 6.24. The van der Waals surface area contributed by atoms with Gasteiger partial charge in [0, 0.05) is 39.1 Å². The van der Waals surface area contributed by atoms with Crippen molar-refractivity contribution >= 4 is 5.96 Å². The molecule has 7 nitrogen and oxygen atoms in total. The molecule has 0 saturated carbocycles. The molecule has 1 aliphatic rings. The first-order valence-electron chi connectivity index (χ1n) is 9.07. The molecule has 0 unspecified atom stereocenters. The number of aryl methyl sites for hydroxylation is 2. The quantitative estimate of drug-likeness (QED) is 0.430. The van der Waals surface area contributed by atoms with Crippen molar-refractivity contribution in [3.05, 3.63) is 42.0 Å². The maximum absolute atomic E-state index is 5.41. The first kappa shape index (κ1) is 18.1. The van der Waals surface area contributed by atoms with Crippen molar-refractivity contribution in [1.29, 1.82) is 0 Å². The molecule has 140 valence electrons. The van der Waals surface area contributed by atoms with Gasteiger partial charge in [-0.1, -0.05) is 6.07 Å². The molecule has 0 amide bonds. The Hall–Kier alpha value is -2.70. The summed E-state index contributed by atoms with van der Waals surface area (Å²) in [5.74, 6) is 3.56. The lowest BCUT2D eigenvalue weighted by molar-refractivity contribution is 0.174. The maximum atomic E-state index is 5.41. The van der Waals surface area contributed by atoms with Crippen molar-refractivity contribution in [3.8, 4) is 11.5 Å². The van der Waals surface area contributed by atoms with Crippen LogP contribution in [-0.4, -0.2) is 42.4 Å². The van der Waals surface area contributed by atoms with Gasteiger partial charge in [-0.25, -0.2) is 4.98 Å². The van der Waals surface area contributed by atoms with Crippen molar-refractivity contribution in [2.75, 3.05) is 26.9 Å². The lowest BCUT2D eigenvalue weighted by atomic mass is 10.1. The van der Waals surface area contributed by atoms with E-state index < -0.39 is 0 Å². The monoisotopic (exact) mass is 357 g/mol. The molecule has 0 radical (unpaired) electrons. The third kappa shape index (κ3) is 4.91. The Morgan fingerprint density at radius 3 is 2.85 bits per heavy atom. The van der Waals surface area contributed by atoms with E-state index in [9.17, 15) is 0 Å². The number of guanidine groups is 1. The SMILES string of the molecule is CN=C(NCCCCn1ccnc1C)NCCc1ccc2c(c1)OCO2. The average molecular weight is 357 g/mol. The minimum Gasteiger partial charge on any atom is -0.454 e. The fraction of sp³-hybridized carbons (Fsp3) is 0.474. The summed E-state index contributed by atoms with van der Waals surface area (Å²) in [6.07, 6.45) is 6.97. The summed E-state index contributed by atoms with van der Waals surface area (Å²) in [6.45, 7) is 5.06. The number of ether oxygens (including phenoxy) is 2. The van der Waals surface area contributed by atoms with E-state index in [4.69, 9.17) is 9.47 Å². The largest absolute Gasteiger partial charge is 0.454 e. The summed E-state index contributed by atoms with van der Waals surface area (Å²) in [7, 11) is 1.80. The van der Waals surface area contributed by atoms with Gasteiger partial charge in [0.1, 0.15) is 5.82 Å². The summed E-state index contributed by atoms with van der Waals surface area (Å²) >= 11 is 0. The third-order valence-electron chi connectivity index (χ3n) is 4.41. The van der Waals surface area contributed by atoms with Crippen LogP contribution in [0.2, 0.25) is 0 Å².